The van der Waals surface area contributed by atoms with Gasteiger partial charge in [0.05, 0.1) is 5.60 Å². The minimum absolute atomic E-state index is 0.306. The van der Waals surface area contributed by atoms with Crippen LogP contribution in [-0.4, -0.2) is 10.7 Å². The summed E-state index contributed by atoms with van der Waals surface area (Å²) in [5.41, 5.74) is 1.02. The second-order valence-corrected chi connectivity index (χ2v) is 4.36. The van der Waals surface area contributed by atoms with Gasteiger partial charge in [0, 0.05) is 0 Å². The number of hydrogen-bond donors (Lipinski definition) is 1. The summed E-state index contributed by atoms with van der Waals surface area (Å²) in [5, 5.41) is 9.19. The number of aryl methyl sites for hydroxylation is 1. The molecule has 14 heavy (non-hydrogen) atoms. The van der Waals surface area contributed by atoms with Gasteiger partial charge in [-0.25, -0.2) is 0 Å². The van der Waals surface area contributed by atoms with Crippen LogP contribution in [-0.2, 0) is 0 Å². The highest BCUT2D eigenvalue weighted by atomic mass is 16.3. The van der Waals surface area contributed by atoms with Gasteiger partial charge in [-0.2, -0.15) is 0 Å². The Morgan fingerprint density at radius 3 is 1.79 bits per heavy atom. The van der Waals surface area contributed by atoms with Crippen molar-refractivity contribution in [2.24, 2.45) is 0 Å². The van der Waals surface area contributed by atoms with Gasteiger partial charge in [0.15, 0.2) is 0 Å². The summed E-state index contributed by atoms with van der Waals surface area (Å²) in [5.74, 6) is 0. The highest BCUT2D eigenvalue weighted by Crippen LogP contribution is 2.27. The fourth-order valence-electron chi connectivity index (χ4n) is 1.67. The lowest BCUT2D eigenvalue weighted by Gasteiger charge is -2.12. The van der Waals surface area contributed by atoms with Crippen molar-refractivity contribution >= 4 is 0 Å². The van der Waals surface area contributed by atoms with Crippen molar-refractivity contribution in [2.45, 2.75) is 45.1 Å². The van der Waals surface area contributed by atoms with Gasteiger partial charge in [0.1, 0.15) is 0 Å². The molecule has 1 nitrogen and oxygen atoms in total. The van der Waals surface area contributed by atoms with E-state index in [-0.39, 0.29) is 5.60 Å². The summed E-state index contributed by atoms with van der Waals surface area (Å²) in [6.07, 6.45) is 4.44. The molecule has 1 saturated carbocycles. The molecule has 1 aliphatic carbocycles. The molecule has 1 heteroatoms. The minimum Gasteiger partial charge on any atom is -0.390 e. The summed E-state index contributed by atoms with van der Waals surface area (Å²) >= 11 is 0. The standard InChI is InChI=1S/C7H8.C6H12O/c1-7-5-3-2-4-6-7;1-6(7)4-2-3-5-6/h2-6H,1H3;7H,2-5H2,1H3. The summed E-state index contributed by atoms with van der Waals surface area (Å²) < 4.78 is 0. The van der Waals surface area contributed by atoms with E-state index in [2.05, 4.69) is 19.1 Å². The van der Waals surface area contributed by atoms with Crippen molar-refractivity contribution in [2.75, 3.05) is 0 Å². The van der Waals surface area contributed by atoms with Crippen molar-refractivity contribution in [3.05, 3.63) is 35.9 Å². The van der Waals surface area contributed by atoms with Gasteiger partial charge in [-0.05, 0) is 26.7 Å². The third-order valence-corrected chi connectivity index (χ3v) is 2.62. The van der Waals surface area contributed by atoms with E-state index in [1.54, 1.807) is 0 Å². The Bertz CT molecular complexity index is 243. The molecule has 0 aromatic heterocycles. The lowest BCUT2D eigenvalue weighted by Crippen LogP contribution is -2.17. The van der Waals surface area contributed by atoms with E-state index in [9.17, 15) is 5.11 Å². The van der Waals surface area contributed by atoms with Gasteiger partial charge >= 0.3 is 0 Å². The lowest BCUT2D eigenvalue weighted by molar-refractivity contribution is 0.0681. The zero-order valence-electron chi connectivity index (χ0n) is 9.16. The van der Waals surface area contributed by atoms with Gasteiger partial charge in [-0.1, -0.05) is 48.7 Å². The zero-order valence-corrected chi connectivity index (χ0v) is 9.16. The second-order valence-electron chi connectivity index (χ2n) is 4.36. The van der Waals surface area contributed by atoms with E-state index in [1.807, 2.05) is 25.1 Å². The van der Waals surface area contributed by atoms with Crippen LogP contribution in [0, 0.1) is 6.92 Å². The molecule has 0 heterocycles. The Hall–Kier alpha value is -0.820. The first-order chi connectivity index (χ1) is 6.60. The fraction of sp³-hybridized carbons (Fsp3) is 0.538. The Morgan fingerprint density at radius 2 is 1.57 bits per heavy atom. The van der Waals surface area contributed by atoms with Gasteiger partial charge in [-0.3, -0.25) is 0 Å². The van der Waals surface area contributed by atoms with Gasteiger partial charge in [0.2, 0.25) is 0 Å². The number of hydrogen-bond acceptors (Lipinski definition) is 1. The lowest BCUT2D eigenvalue weighted by atomic mass is 10.1. The van der Waals surface area contributed by atoms with Gasteiger partial charge in [0.25, 0.3) is 0 Å². The van der Waals surface area contributed by atoms with Gasteiger partial charge < -0.3 is 5.11 Å². The molecule has 0 bridgehead atoms. The third kappa shape index (κ3) is 4.43. The van der Waals surface area contributed by atoms with Crippen molar-refractivity contribution in [3.8, 4) is 0 Å². The second kappa shape index (κ2) is 5.16. The predicted molar refractivity (Wildman–Crippen MR) is 60.3 cm³/mol. The molecule has 78 valence electrons. The molecule has 0 spiro atoms. The number of benzene rings is 1. The van der Waals surface area contributed by atoms with E-state index in [4.69, 9.17) is 0 Å². The molecule has 1 aromatic carbocycles. The van der Waals surface area contributed by atoms with E-state index in [0.717, 1.165) is 12.8 Å². The monoisotopic (exact) mass is 192 g/mol. The Kier molecular flexibility index (Phi) is 4.15. The van der Waals surface area contributed by atoms with Crippen LogP contribution < -0.4 is 0 Å². The molecule has 0 radical (unpaired) electrons. The third-order valence-electron chi connectivity index (χ3n) is 2.62. The molecule has 1 N–H and O–H groups in total. The topological polar surface area (TPSA) is 20.2 Å². The maximum absolute atomic E-state index is 9.19. The van der Waals surface area contributed by atoms with Gasteiger partial charge in [-0.15, -0.1) is 0 Å². The quantitative estimate of drug-likeness (QED) is 0.668. The summed E-state index contributed by atoms with van der Waals surface area (Å²) in [7, 11) is 0. The van der Waals surface area contributed by atoms with E-state index >= 15 is 0 Å². The van der Waals surface area contributed by atoms with E-state index in [0.29, 0.717) is 0 Å². The smallest absolute Gasteiger partial charge is 0.0619 e. The normalized spacial score (nSPS) is 18.5. The predicted octanol–water partition coefficient (Wildman–Crippen LogP) is 3.31. The maximum Gasteiger partial charge on any atom is 0.0619 e. The summed E-state index contributed by atoms with van der Waals surface area (Å²) in [6.45, 7) is 4.00. The van der Waals surface area contributed by atoms with Crippen molar-refractivity contribution in [1.82, 2.24) is 0 Å². The fourth-order valence-corrected chi connectivity index (χ4v) is 1.67. The molecule has 0 aliphatic heterocycles. The molecule has 1 aromatic rings. The maximum atomic E-state index is 9.19. The molecular formula is C13H20O. The minimum atomic E-state index is -0.306. The van der Waals surface area contributed by atoms with Crippen molar-refractivity contribution in [1.29, 1.82) is 0 Å². The number of rotatable bonds is 0. The molecule has 0 amide bonds. The summed E-state index contributed by atoms with van der Waals surface area (Å²) in [4.78, 5) is 0. The highest BCUT2D eigenvalue weighted by molar-refractivity contribution is 5.11. The highest BCUT2D eigenvalue weighted by Gasteiger charge is 2.24. The Labute approximate surface area is 86.8 Å². The van der Waals surface area contributed by atoms with Crippen LogP contribution in [0.5, 0.6) is 0 Å². The van der Waals surface area contributed by atoms with Crippen molar-refractivity contribution < 1.29 is 5.11 Å². The largest absolute Gasteiger partial charge is 0.390 e. The van der Waals surface area contributed by atoms with Crippen LogP contribution in [0.1, 0.15) is 38.2 Å². The number of aliphatic hydroxyl groups is 1. The van der Waals surface area contributed by atoms with Crippen LogP contribution >= 0.6 is 0 Å². The molecule has 2 rings (SSSR count). The Balaban J connectivity index is 0.000000140. The average molecular weight is 192 g/mol. The first-order valence-corrected chi connectivity index (χ1v) is 5.34. The van der Waals surface area contributed by atoms with Crippen LogP contribution in [0.3, 0.4) is 0 Å². The zero-order chi connectivity index (χ0) is 10.4. The van der Waals surface area contributed by atoms with Crippen molar-refractivity contribution in [3.63, 3.8) is 0 Å². The molecule has 1 fully saturated rings. The molecule has 0 unspecified atom stereocenters. The van der Waals surface area contributed by atoms with E-state index < -0.39 is 0 Å². The van der Waals surface area contributed by atoms with Crippen LogP contribution in [0.4, 0.5) is 0 Å². The molecule has 1 aliphatic rings. The first-order valence-electron chi connectivity index (χ1n) is 5.34. The van der Waals surface area contributed by atoms with Crippen LogP contribution in [0.25, 0.3) is 0 Å². The first kappa shape index (κ1) is 11.3. The molecule has 0 saturated heterocycles. The van der Waals surface area contributed by atoms with E-state index in [1.165, 1.54) is 18.4 Å². The Morgan fingerprint density at radius 1 is 1.07 bits per heavy atom. The SMILES string of the molecule is CC1(O)CCCC1.Cc1ccccc1. The molecular weight excluding hydrogens is 172 g/mol. The van der Waals surface area contributed by atoms with Crippen LogP contribution in [0.15, 0.2) is 30.3 Å². The molecule has 0 atom stereocenters. The average Bonchev–Trinajstić information content (AvgIpc) is 2.52. The van der Waals surface area contributed by atoms with Crippen LogP contribution in [0.2, 0.25) is 0 Å². The summed E-state index contributed by atoms with van der Waals surface area (Å²) in [6, 6.07) is 10.3.